The fraction of sp³-hybridized carbons (Fsp3) is 1.00. The second kappa shape index (κ2) is 7.40. The van der Waals surface area contributed by atoms with Gasteiger partial charge in [0.15, 0.2) is 0 Å². The number of hydrogen-bond acceptors (Lipinski definition) is 4. The lowest BCUT2D eigenvalue weighted by Crippen LogP contribution is -2.47. The normalized spacial score (nSPS) is 22.6. The predicted octanol–water partition coefficient (Wildman–Crippen LogP) is -0.0962. The Morgan fingerprint density at radius 3 is 2.83 bits per heavy atom. The number of nitrogens with zero attached hydrogens (tertiary/aromatic N) is 2. The van der Waals surface area contributed by atoms with Gasteiger partial charge in [-0.2, -0.15) is 17.0 Å². The zero-order valence-electron chi connectivity index (χ0n) is 11.2. The minimum absolute atomic E-state index is 0.00611. The highest BCUT2D eigenvalue weighted by Gasteiger charge is 2.31. The van der Waals surface area contributed by atoms with Crippen LogP contribution in [0.25, 0.3) is 0 Å². The van der Waals surface area contributed by atoms with Crippen LogP contribution in [-0.2, 0) is 14.9 Å². The van der Waals surface area contributed by atoms with Crippen LogP contribution in [0.5, 0.6) is 0 Å². The lowest BCUT2D eigenvalue weighted by atomic mass is 10.0. The number of ether oxygens (including phenoxy) is 1. The standard InChI is InChI=1S/C11H24N2O4S/c1-12(6-4-8-14)18(15,16)13-7-3-5-11(9-13)10-17-2/h11,14H,3-10H2,1-2H3. The lowest BCUT2D eigenvalue weighted by Gasteiger charge is -2.34. The summed E-state index contributed by atoms with van der Waals surface area (Å²) in [5.74, 6) is 0.282. The van der Waals surface area contributed by atoms with Gasteiger partial charge in [-0.3, -0.25) is 0 Å². The first kappa shape index (κ1) is 15.8. The first-order valence-corrected chi connectivity index (χ1v) is 7.73. The summed E-state index contributed by atoms with van der Waals surface area (Å²) in [5, 5.41) is 8.75. The molecular formula is C11H24N2O4S. The summed E-state index contributed by atoms with van der Waals surface area (Å²) in [5.41, 5.74) is 0. The van der Waals surface area contributed by atoms with Gasteiger partial charge in [0.05, 0.1) is 6.61 Å². The van der Waals surface area contributed by atoms with E-state index in [0.717, 1.165) is 12.8 Å². The zero-order chi connectivity index (χ0) is 13.6. The second-order valence-corrected chi connectivity index (χ2v) is 6.76. The molecule has 0 radical (unpaired) electrons. The van der Waals surface area contributed by atoms with E-state index in [4.69, 9.17) is 9.84 Å². The average Bonchev–Trinajstić information content (AvgIpc) is 2.36. The van der Waals surface area contributed by atoms with E-state index in [0.29, 0.717) is 32.7 Å². The molecule has 1 fully saturated rings. The van der Waals surface area contributed by atoms with Gasteiger partial charge in [0.1, 0.15) is 0 Å². The topological polar surface area (TPSA) is 70.1 Å². The molecule has 0 aromatic carbocycles. The van der Waals surface area contributed by atoms with Crippen LogP contribution in [-0.4, -0.2) is 69.1 Å². The Morgan fingerprint density at radius 2 is 2.22 bits per heavy atom. The van der Waals surface area contributed by atoms with Gasteiger partial charge in [-0.25, -0.2) is 0 Å². The van der Waals surface area contributed by atoms with E-state index in [1.165, 1.54) is 8.61 Å². The van der Waals surface area contributed by atoms with Gasteiger partial charge in [-0.05, 0) is 25.2 Å². The van der Waals surface area contributed by atoms with Crippen LogP contribution in [0.2, 0.25) is 0 Å². The summed E-state index contributed by atoms with van der Waals surface area (Å²) in [6, 6.07) is 0. The Morgan fingerprint density at radius 1 is 1.50 bits per heavy atom. The van der Waals surface area contributed by atoms with E-state index in [1.54, 1.807) is 14.2 Å². The van der Waals surface area contributed by atoms with Crippen molar-refractivity contribution in [1.82, 2.24) is 8.61 Å². The van der Waals surface area contributed by atoms with Crippen molar-refractivity contribution in [3.05, 3.63) is 0 Å². The molecule has 1 aliphatic rings. The Bertz CT molecular complexity index is 332. The molecule has 1 rings (SSSR count). The highest BCUT2D eigenvalue weighted by atomic mass is 32.2. The fourth-order valence-corrected chi connectivity index (χ4v) is 3.73. The molecule has 1 saturated heterocycles. The number of piperidine rings is 1. The largest absolute Gasteiger partial charge is 0.396 e. The molecular weight excluding hydrogens is 256 g/mol. The lowest BCUT2D eigenvalue weighted by molar-refractivity contribution is 0.116. The molecule has 7 heteroatoms. The fourth-order valence-electron chi connectivity index (χ4n) is 2.21. The summed E-state index contributed by atoms with van der Waals surface area (Å²) in [4.78, 5) is 0. The van der Waals surface area contributed by atoms with Gasteiger partial charge in [-0.1, -0.05) is 0 Å². The number of aliphatic hydroxyl groups is 1. The Balaban J connectivity index is 2.60. The van der Waals surface area contributed by atoms with E-state index in [9.17, 15) is 8.42 Å². The predicted molar refractivity (Wildman–Crippen MR) is 69.4 cm³/mol. The van der Waals surface area contributed by atoms with Gasteiger partial charge in [0.25, 0.3) is 10.2 Å². The van der Waals surface area contributed by atoms with Gasteiger partial charge >= 0.3 is 0 Å². The maximum atomic E-state index is 12.3. The van der Waals surface area contributed by atoms with Crippen molar-refractivity contribution < 1.29 is 18.3 Å². The number of rotatable bonds is 7. The first-order chi connectivity index (χ1) is 8.52. The van der Waals surface area contributed by atoms with Crippen molar-refractivity contribution in [3.63, 3.8) is 0 Å². The monoisotopic (exact) mass is 280 g/mol. The summed E-state index contributed by atoms with van der Waals surface area (Å²) in [6.45, 7) is 2.06. The molecule has 6 nitrogen and oxygen atoms in total. The number of aliphatic hydroxyl groups excluding tert-OH is 1. The molecule has 0 bridgehead atoms. The molecule has 1 heterocycles. The van der Waals surface area contributed by atoms with Crippen molar-refractivity contribution in [2.24, 2.45) is 5.92 Å². The number of methoxy groups -OCH3 is 1. The average molecular weight is 280 g/mol. The molecule has 0 saturated carbocycles. The number of hydrogen-bond donors (Lipinski definition) is 1. The van der Waals surface area contributed by atoms with Gasteiger partial charge in [-0.15, -0.1) is 0 Å². The Labute approximate surface area is 110 Å². The van der Waals surface area contributed by atoms with Gasteiger partial charge in [0, 0.05) is 40.4 Å². The van der Waals surface area contributed by atoms with E-state index >= 15 is 0 Å². The Hall–Kier alpha value is -0.210. The molecule has 18 heavy (non-hydrogen) atoms. The highest BCUT2D eigenvalue weighted by Crippen LogP contribution is 2.20. The summed E-state index contributed by atoms with van der Waals surface area (Å²) in [6.07, 6.45) is 2.35. The van der Waals surface area contributed by atoms with E-state index in [1.807, 2.05) is 0 Å². The minimum Gasteiger partial charge on any atom is -0.396 e. The SMILES string of the molecule is COCC1CCCN(S(=O)(=O)N(C)CCCO)C1. The van der Waals surface area contributed by atoms with Crippen LogP contribution in [0.3, 0.4) is 0 Å². The summed E-state index contributed by atoms with van der Waals surface area (Å²) < 4.78 is 32.5. The molecule has 0 aliphatic carbocycles. The maximum absolute atomic E-state index is 12.3. The Kier molecular flexibility index (Phi) is 6.51. The summed E-state index contributed by atoms with van der Waals surface area (Å²) >= 11 is 0. The van der Waals surface area contributed by atoms with E-state index < -0.39 is 10.2 Å². The summed E-state index contributed by atoms with van der Waals surface area (Å²) in [7, 11) is -0.185. The third-order valence-electron chi connectivity index (χ3n) is 3.24. The molecule has 0 amide bonds. The molecule has 0 aromatic heterocycles. The molecule has 1 atom stereocenters. The second-order valence-electron chi connectivity index (χ2n) is 4.73. The smallest absolute Gasteiger partial charge is 0.281 e. The minimum atomic E-state index is -3.39. The molecule has 1 unspecified atom stereocenters. The third kappa shape index (κ3) is 4.17. The molecule has 1 aliphatic heterocycles. The van der Waals surface area contributed by atoms with Crippen molar-refractivity contribution in [3.8, 4) is 0 Å². The van der Waals surface area contributed by atoms with Crippen molar-refractivity contribution in [1.29, 1.82) is 0 Å². The van der Waals surface area contributed by atoms with Crippen LogP contribution in [0.15, 0.2) is 0 Å². The van der Waals surface area contributed by atoms with Gasteiger partial charge in [0.2, 0.25) is 0 Å². The van der Waals surface area contributed by atoms with Crippen LogP contribution in [0.4, 0.5) is 0 Å². The van der Waals surface area contributed by atoms with Crippen LogP contribution < -0.4 is 0 Å². The third-order valence-corrected chi connectivity index (χ3v) is 5.19. The van der Waals surface area contributed by atoms with E-state index in [2.05, 4.69) is 0 Å². The van der Waals surface area contributed by atoms with Crippen LogP contribution in [0, 0.1) is 5.92 Å². The van der Waals surface area contributed by atoms with Gasteiger partial charge < -0.3 is 9.84 Å². The molecule has 1 N–H and O–H groups in total. The zero-order valence-corrected chi connectivity index (χ0v) is 12.0. The van der Waals surface area contributed by atoms with Crippen LogP contribution in [0.1, 0.15) is 19.3 Å². The maximum Gasteiger partial charge on any atom is 0.281 e. The first-order valence-electron chi connectivity index (χ1n) is 6.33. The van der Waals surface area contributed by atoms with E-state index in [-0.39, 0.29) is 12.5 Å². The van der Waals surface area contributed by atoms with Crippen molar-refractivity contribution >= 4 is 10.2 Å². The van der Waals surface area contributed by atoms with Crippen molar-refractivity contribution in [2.45, 2.75) is 19.3 Å². The van der Waals surface area contributed by atoms with Crippen molar-refractivity contribution in [2.75, 3.05) is 47.0 Å². The molecule has 108 valence electrons. The van der Waals surface area contributed by atoms with Crippen LogP contribution >= 0.6 is 0 Å². The quantitative estimate of drug-likeness (QED) is 0.707. The molecule has 0 aromatic rings. The molecule has 0 spiro atoms. The highest BCUT2D eigenvalue weighted by molar-refractivity contribution is 7.86.